The Bertz CT molecular complexity index is 418. The number of hydrogen-bond acceptors (Lipinski definition) is 2. The molecule has 1 heterocycles. The van der Waals surface area contributed by atoms with E-state index in [2.05, 4.69) is 10.2 Å². The molecular weight excluding hydrogens is 176 g/mol. The molecule has 3 heteroatoms. The zero-order valence-corrected chi connectivity index (χ0v) is 7.90. The van der Waals surface area contributed by atoms with Crippen molar-refractivity contribution in [2.24, 2.45) is 10.2 Å². The van der Waals surface area contributed by atoms with E-state index in [4.69, 9.17) is 0 Å². The largest absolute Gasteiger partial charge is 0.293 e. The molecule has 1 aliphatic heterocycles. The van der Waals surface area contributed by atoms with Crippen LogP contribution in [0.1, 0.15) is 18.9 Å². The zero-order chi connectivity index (χ0) is 9.97. The fourth-order valence-electron chi connectivity index (χ4n) is 1.46. The third-order valence-corrected chi connectivity index (χ3v) is 2.19. The van der Waals surface area contributed by atoms with Crippen molar-refractivity contribution in [3.8, 4) is 0 Å². The van der Waals surface area contributed by atoms with E-state index in [1.165, 1.54) is 0 Å². The highest BCUT2D eigenvalue weighted by Crippen LogP contribution is 2.27. The molecule has 14 heavy (non-hydrogen) atoms. The Kier molecular flexibility index (Phi) is 2.23. The molecule has 0 saturated heterocycles. The second kappa shape index (κ2) is 3.54. The highest BCUT2D eigenvalue weighted by atomic mass is 16.2. The van der Waals surface area contributed by atoms with Gasteiger partial charge in [0.1, 0.15) is 5.70 Å². The molecular formula is C11H10N2O. The molecule has 0 radical (unpaired) electrons. The van der Waals surface area contributed by atoms with Crippen LogP contribution in [-0.4, -0.2) is 5.91 Å². The molecule has 3 nitrogen and oxygen atoms in total. The summed E-state index contributed by atoms with van der Waals surface area (Å²) in [5, 5.41) is 7.45. The monoisotopic (exact) mass is 186 g/mol. The fraction of sp³-hybridized carbons (Fsp3) is 0.182. The van der Waals surface area contributed by atoms with Gasteiger partial charge in [0.15, 0.2) is 0 Å². The molecule has 70 valence electrons. The molecule has 0 fully saturated rings. The lowest BCUT2D eigenvalue weighted by atomic mass is 10.1. The van der Waals surface area contributed by atoms with Crippen LogP contribution in [0.25, 0.3) is 5.70 Å². The van der Waals surface area contributed by atoms with Crippen molar-refractivity contribution in [2.45, 2.75) is 13.3 Å². The van der Waals surface area contributed by atoms with Crippen molar-refractivity contribution in [1.82, 2.24) is 0 Å². The van der Waals surface area contributed by atoms with Gasteiger partial charge in [-0.3, -0.25) is 4.79 Å². The Labute approximate surface area is 82.2 Å². The Morgan fingerprint density at radius 1 is 1.14 bits per heavy atom. The number of rotatable bonds is 2. The lowest BCUT2D eigenvalue weighted by Gasteiger charge is -1.99. The summed E-state index contributed by atoms with van der Waals surface area (Å²) in [6, 6.07) is 9.65. The minimum Gasteiger partial charge on any atom is -0.265 e. The van der Waals surface area contributed by atoms with E-state index < -0.39 is 0 Å². The van der Waals surface area contributed by atoms with Gasteiger partial charge in [-0.2, -0.15) is 0 Å². The maximum Gasteiger partial charge on any atom is 0.293 e. The first-order valence-corrected chi connectivity index (χ1v) is 4.57. The molecule has 1 amide bonds. The molecule has 0 atom stereocenters. The Morgan fingerprint density at radius 2 is 1.86 bits per heavy atom. The first-order valence-electron chi connectivity index (χ1n) is 4.57. The standard InChI is InChI=1S/C11H10N2O/c1-2-9-10(12-13-11(9)14)8-6-4-3-5-7-8/h3-7H,2H2,1H3. The van der Waals surface area contributed by atoms with Gasteiger partial charge in [0.2, 0.25) is 0 Å². The molecule has 0 aromatic heterocycles. The Morgan fingerprint density at radius 3 is 2.50 bits per heavy atom. The van der Waals surface area contributed by atoms with Gasteiger partial charge < -0.3 is 0 Å². The second-order valence-corrected chi connectivity index (χ2v) is 3.05. The van der Waals surface area contributed by atoms with E-state index >= 15 is 0 Å². The Hall–Kier alpha value is -1.77. The van der Waals surface area contributed by atoms with Crippen molar-refractivity contribution >= 4 is 11.6 Å². The molecule has 0 N–H and O–H groups in total. The number of benzene rings is 1. The normalized spacial score (nSPS) is 15.4. The molecule has 0 spiro atoms. The average molecular weight is 186 g/mol. The maximum atomic E-state index is 11.3. The fourth-order valence-corrected chi connectivity index (χ4v) is 1.46. The summed E-state index contributed by atoms with van der Waals surface area (Å²) < 4.78 is 0. The van der Waals surface area contributed by atoms with Crippen LogP contribution in [0.4, 0.5) is 0 Å². The van der Waals surface area contributed by atoms with Crippen LogP contribution >= 0.6 is 0 Å². The summed E-state index contributed by atoms with van der Waals surface area (Å²) in [6.45, 7) is 1.94. The molecule has 1 aromatic carbocycles. The number of azo groups is 1. The topological polar surface area (TPSA) is 41.8 Å². The van der Waals surface area contributed by atoms with E-state index in [1.807, 2.05) is 37.3 Å². The van der Waals surface area contributed by atoms with Crippen molar-refractivity contribution in [2.75, 3.05) is 0 Å². The van der Waals surface area contributed by atoms with Crippen LogP contribution < -0.4 is 0 Å². The van der Waals surface area contributed by atoms with Crippen molar-refractivity contribution < 1.29 is 4.79 Å². The number of carbonyl (C=O) groups excluding carboxylic acids is 1. The molecule has 0 aliphatic carbocycles. The number of amides is 1. The molecule has 1 aliphatic rings. The highest BCUT2D eigenvalue weighted by Gasteiger charge is 2.20. The van der Waals surface area contributed by atoms with E-state index in [9.17, 15) is 4.79 Å². The number of nitrogens with zero attached hydrogens (tertiary/aromatic N) is 2. The summed E-state index contributed by atoms with van der Waals surface area (Å²) in [4.78, 5) is 11.3. The van der Waals surface area contributed by atoms with Crippen molar-refractivity contribution in [3.63, 3.8) is 0 Å². The summed E-state index contributed by atoms with van der Waals surface area (Å²) in [6.07, 6.45) is 0.677. The van der Waals surface area contributed by atoms with Crippen molar-refractivity contribution in [3.05, 3.63) is 41.5 Å². The molecule has 0 unspecified atom stereocenters. The molecule has 1 aromatic rings. The van der Waals surface area contributed by atoms with Crippen LogP contribution in [0, 0.1) is 0 Å². The third kappa shape index (κ3) is 1.37. The summed E-state index contributed by atoms with van der Waals surface area (Å²) in [7, 11) is 0. The maximum absolute atomic E-state index is 11.3. The molecule has 2 rings (SSSR count). The van der Waals surface area contributed by atoms with Crippen LogP contribution in [0.5, 0.6) is 0 Å². The van der Waals surface area contributed by atoms with E-state index in [1.54, 1.807) is 0 Å². The van der Waals surface area contributed by atoms with Crippen LogP contribution in [0.2, 0.25) is 0 Å². The van der Waals surface area contributed by atoms with Gasteiger partial charge in [-0.1, -0.05) is 37.3 Å². The van der Waals surface area contributed by atoms with Gasteiger partial charge in [-0.15, -0.1) is 10.2 Å². The summed E-state index contributed by atoms with van der Waals surface area (Å²) in [5.74, 6) is -0.202. The Balaban J connectivity index is 2.49. The van der Waals surface area contributed by atoms with E-state index in [0.717, 1.165) is 11.3 Å². The quantitative estimate of drug-likeness (QED) is 0.700. The van der Waals surface area contributed by atoms with Gasteiger partial charge in [0, 0.05) is 11.1 Å². The highest BCUT2D eigenvalue weighted by molar-refractivity contribution is 6.04. The minimum absolute atomic E-state index is 0.202. The van der Waals surface area contributed by atoms with E-state index in [-0.39, 0.29) is 5.91 Å². The lowest BCUT2D eigenvalue weighted by Crippen LogP contribution is -1.94. The summed E-state index contributed by atoms with van der Waals surface area (Å²) >= 11 is 0. The van der Waals surface area contributed by atoms with Crippen LogP contribution in [0.15, 0.2) is 46.1 Å². The molecule has 0 bridgehead atoms. The van der Waals surface area contributed by atoms with Crippen molar-refractivity contribution in [1.29, 1.82) is 0 Å². The SMILES string of the molecule is CCC1=C(c2ccccc2)N=NC1=O. The number of carbonyl (C=O) groups is 1. The first kappa shape index (κ1) is 8.81. The molecule has 0 saturated carbocycles. The number of hydrogen-bond donors (Lipinski definition) is 0. The van der Waals surface area contributed by atoms with Gasteiger partial charge >= 0.3 is 0 Å². The van der Waals surface area contributed by atoms with Gasteiger partial charge in [0.05, 0.1) is 0 Å². The lowest BCUT2D eigenvalue weighted by molar-refractivity contribution is -0.114. The summed E-state index contributed by atoms with van der Waals surface area (Å²) in [5.41, 5.74) is 2.38. The van der Waals surface area contributed by atoms with Gasteiger partial charge in [-0.25, -0.2) is 0 Å². The van der Waals surface area contributed by atoms with Gasteiger partial charge in [0.25, 0.3) is 5.91 Å². The van der Waals surface area contributed by atoms with E-state index in [0.29, 0.717) is 12.0 Å². The third-order valence-electron chi connectivity index (χ3n) is 2.19. The smallest absolute Gasteiger partial charge is 0.265 e. The predicted molar refractivity (Wildman–Crippen MR) is 53.5 cm³/mol. The second-order valence-electron chi connectivity index (χ2n) is 3.05. The van der Waals surface area contributed by atoms with Crippen LogP contribution in [-0.2, 0) is 4.79 Å². The first-order chi connectivity index (χ1) is 6.83. The van der Waals surface area contributed by atoms with Crippen LogP contribution in [0.3, 0.4) is 0 Å². The minimum atomic E-state index is -0.202. The zero-order valence-electron chi connectivity index (χ0n) is 7.90. The van der Waals surface area contributed by atoms with Gasteiger partial charge in [-0.05, 0) is 6.42 Å². The predicted octanol–water partition coefficient (Wildman–Crippen LogP) is 2.80. The average Bonchev–Trinajstić information content (AvgIpc) is 2.61.